The van der Waals surface area contributed by atoms with Crippen molar-refractivity contribution in [3.8, 4) is 17.2 Å². The van der Waals surface area contributed by atoms with Gasteiger partial charge in [0.2, 0.25) is 0 Å². The van der Waals surface area contributed by atoms with E-state index in [0.29, 0.717) is 35.1 Å². The third kappa shape index (κ3) is 4.21. The number of amides is 1. The molecule has 0 radical (unpaired) electrons. The summed E-state index contributed by atoms with van der Waals surface area (Å²) in [7, 11) is 4.53. The van der Waals surface area contributed by atoms with Crippen molar-refractivity contribution < 1.29 is 32.2 Å². The fraction of sp³-hybridized carbons (Fsp3) is 0.368. The summed E-state index contributed by atoms with van der Waals surface area (Å²) in [6.07, 6.45) is -3.60. The molecule has 0 spiro atoms. The molecule has 0 bridgehead atoms. The molecular weight excluding hydrogens is 409 g/mol. The minimum absolute atomic E-state index is 0.0879. The smallest absolute Gasteiger partial charge is 0.433 e. The molecular formula is C19H19F3N2O4S. The zero-order valence-electron chi connectivity index (χ0n) is 15.9. The summed E-state index contributed by atoms with van der Waals surface area (Å²) in [5.74, 6) is 1.76. The molecule has 1 aromatic carbocycles. The summed E-state index contributed by atoms with van der Waals surface area (Å²) in [5.41, 5.74) is -0.242. The van der Waals surface area contributed by atoms with Crippen LogP contribution in [0.3, 0.4) is 0 Å². The fourth-order valence-corrected chi connectivity index (χ4v) is 4.31. The van der Waals surface area contributed by atoms with Gasteiger partial charge in [0.05, 0.1) is 26.9 Å². The molecule has 1 aliphatic rings. The van der Waals surface area contributed by atoms with Gasteiger partial charge >= 0.3 is 6.18 Å². The summed E-state index contributed by atoms with van der Waals surface area (Å²) in [6, 6.07) is 5.37. The molecule has 0 saturated carbocycles. The predicted molar refractivity (Wildman–Crippen MR) is 102 cm³/mol. The third-order valence-corrected chi connectivity index (χ3v) is 5.70. The molecule has 10 heteroatoms. The van der Waals surface area contributed by atoms with Gasteiger partial charge in [-0.05, 0) is 18.2 Å². The SMILES string of the molecule is COc1cc(OC)c(C2SCCN2C(=O)c2ccc(C(F)(F)F)nc2)cc1OC. The van der Waals surface area contributed by atoms with Crippen LogP contribution in [0.4, 0.5) is 13.2 Å². The first-order valence-electron chi connectivity index (χ1n) is 8.56. The van der Waals surface area contributed by atoms with E-state index in [9.17, 15) is 18.0 Å². The van der Waals surface area contributed by atoms with Crippen LogP contribution in [0.25, 0.3) is 0 Å². The van der Waals surface area contributed by atoms with Crippen LogP contribution in [0.2, 0.25) is 0 Å². The molecule has 1 fully saturated rings. The van der Waals surface area contributed by atoms with E-state index in [4.69, 9.17) is 14.2 Å². The summed E-state index contributed by atoms with van der Waals surface area (Å²) < 4.78 is 54.3. The number of methoxy groups -OCH3 is 3. The van der Waals surface area contributed by atoms with Crippen LogP contribution in [-0.2, 0) is 6.18 Å². The van der Waals surface area contributed by atoms with Crippen molar-refractivity contribution >= 4 is 17.7 Å². The Balaban J connectivity index is 1.93. The van der Waals surface area contributed by atoms with Gasteiger partial charge in [0, 0.05) is 30.1 Å². The Hall–Kier alpha value is -2.62. The van der Waals surface area contributed by atoms with Gasteiger partial charge in [-0.25, -0.2) is 0 Å². The van der Waals surface area contributed by atoms with Crippen LogP contribution in [0.15, 0.2) is 30.5 Å². The number of carbonyl (C=O) groups is 1. The van der Waals surface area contributed by atoms with Crippen LogP contribution >= 0.6 is 11.8 Å². The number of aromatic nitrogens is 1. The first kappa shape index (κ1) is 21.1. The largest absolute Gasteiger partial charge is 0.496 e. The monoisotopic (exact) mass is 428 g/mol. The zero-order chi connectivity index (χ0) is 21.2. The lowest BCUT2D eigenvalue weighted by molar-refractivity contribution is -0.141. The van der Waals surface area contributed by atoms with E-state index < -0.39 is 17.8 Å². The van der Waals surface area contributed by atoms with Gasteiger partial charge < -0.3 is 19.1 Å². The van der Waals surface area contributed by atoms with Gasteiger partial charge in [0.15, 0.2) is 11.5 Å². The van der Waals surface area contributed by atoms with Crippen molar-refractivity contribution in [2.24, 2.45) is 0 Å². The van der Waals surface area contributed by atoms with E-state index in [1.807, 2.05) is 0 Å². The Kier molecular flexibility index (Phi) is 6.11. The van der Waals surface area contributed by atoms with E-state index in [1.165, 1.54) is 33.1 Å². The molecule has 6 nitrogen and oxygen atoms in total. The van der Waals surface area contributed by atoms with Gasteiger partial charge in [-0.3, -0.25) is 9.78 Å². The van der Waals surface area contributed by atoms with Crippen molar-refractivity contribution in [2.45, 2.75) is 11.6 Å². The maximum atomic E-state index is 13.0. The molecule has 1 unspecified atom stereocenters. The molecule has 1 amide bonds. The number of hydrogen-bond donors (Lipinski definition) is 0. The summed E-state index contributed by atoms with van der Waals surface area (Å²) >= 11 is 1.52. The van der Waals surface area contributed by atoms with Crippen molar-refractivity contribution in [1.82, 2.24) is 9.88 Å². The molecule has 2 aromatic rings. The second-order valence-electron chi connectivity index (χ2n) is 6.10. The van der Waals surface area contributed by atoms with Gasteiger partial charge in [-0.2, -0.15) is 13.2 Å². The Bertz CT molecular complexity index is 890. The first-order chi connectivity index (χ1) is 13.8. The maximum Gasteiger partial charge on any atom is 0.433 e. The predicted octanol–water partition coefficient (Wildman–Crippen LogP) is 4.01. The number of rotatable bonds is 5. The Morgan fingerprint density at radius 1 is 1.10 bits per heavy atom. The van der Waals surface area contributed by atoms with Crippen LogP contribution in [0.1, 0.15) is 27.0 Å². The van der Waals surface area contributed by atoms with Crippen LogP contribution in [0, 0.1) is 0 Å². The van der Waals surface area contributed by atoms with E-state index in [1.54, 1.807) is 17.0 Å². The summed E-state index contributed by atoms with van der Waals surface area (Å²) in [5, 5.41) is -0.389. The van der Waals surface area contributed by atoms with E-state index in [2.05, 4.69) is 4.98 Å². The summed E-state index contributed by atoms with van der Waals surface area (Å²) in [4.78, 5) is 17.9. The number of carbonyl (C=O) groups excluding carboxylic acids is 1. The molecule has 0 N–H and O–H groups in total. The molecule has 3 rings (SSSR count). The number of pyridine rings is 1. The quantitative estimate of drug-likeness (QED) is 0.717. The third-order valence-electron chi connectivity index (χ3n) is 4.45. The standard InChI is InChI=1S/C19H19F3N2O4S/c1-26-13-9-15(28-3)14(27-2)8-12(13)18-24(6-7-29-18)17(25)11-4-5-16(23-10-11)19(20,21)22/h4-5,8-10,18H,6-7H2,1-3H3. The molecule has 0 aliphatic carbocycles. The van der Waals surface area contributed by atoms with Gasteiger partial charge in [-0.15, -0.1) is 11.8 Å². The molecule has 1 atom stereocenters. The average Bonchev–Trinajstić information content (AvgIpc) is 3.21. The van der Waals surface area contributed by atoms with Gasteiger partial charge in [0.1, 0.15) is 16.8 Å². The van der Waals surface area contributed by atoms with Crippen molar-refractivity contribution in [2.75, 3.05) is 33.6 Å². The molecule has 1 aromatic heterocycles. The average molecular weight is 428 g/mol. The Labute approximate surface area is 170 Å². The second kappa shape index (κ2) is 8.40. The van der Waals surface area contributed by atoms with Crippen LogP contribution < -0.4 is 14.2 Å². The molecule has 1 saturated heterocycles. The Morgan fingerprint density at radius 3 is 2.31 bits per heavy atom. The van der Waals surface area contributed by atoms with Crippen molar-refractivity contribution in [1.29, 1.82) is 0 Å². The van der Waals surface area contributed by atoms with E-state index >= 15 is 0 Å². The van der Waals surface area contributed by atoms with Crippen molar-refractivity contribution in [3.63, 3.8) is 0 Å². The lowest BCUT2D eigenvalue weighted by Crippen LogP contribution is -2.30. The number of alkyl halides is 3. The topological polar surface area (TPSA) is 60.9 Å². The summed E-state index contributed by atoms with van der Waals surface area (Å²) in [6.45, 7) is 0.437. The zero-order valence-corrected chi connectivity index (χ0v) is 16.8. The van der Waals surface area contributed by atoms with Crippen LogP contribution in [-0.4, -0.2) is 49.4 Å². The number of benzene rings is 1. The highest BCUT2D eigenvalue weighted by molar-refractivity contribution is 7.99. The number of hydrogen-bond acceptors (Lipinski definition) is 6. The van der Waals surface area contributed by atoms with E-state index in [0.717, 1.165) is 18.3 Å². The highest BCUT2D eigenvalue weighted by Crippen LogP contribution is 2.46. The maximum absolute atomic E-state index is 13.0. The highest BCUT2D eigenvalue weighted by Gasteiger charge is 2.36. The number of ether oxygens (including phenoxy) is 3. The van der Waals surface area contributed by atoms with Crippen LogP contribution in [0.5, 0.6) is 17.2 Å². The molecule has 1 aliphatic heterocycles. The minimum atomic E-state index is -4.55. The van der Waals surface area contributed by atoms with Gasteiger partial charge in [0.25, 0.3) is 5.91 Å². The Morgan fingerprint density at radius 2 is 1.76 bits per heavy atom. The molecule has 29 heavy (non-hydrogen) atoms. The number of halogens is 3. The molecule has 2 heterocycles. The molecule has 156 valence electrons. The lowest BCUT2D eigenvalue weighted by Gasteiger charge is -2.26. The minimum Gasteiger partial charge on any atom is -0.496 e. The lowest BCUT2D eigenvalue weighted by atomic mass is 10.1. The number of thioether (sulfide) groups is 1. The van der Waals surface area contributed by atoms with Gasteiger partial charge in [-0.1, -0.05) is 0 Å². The van der Waals surface area contributed by atoms with E-state index in [-0.39, 0.29) is 10.9 Å². The number of nitrogens with zero attached hydrogens (tertiary/aromatic N) is 2. The highest BCUT2D eigenvalue weighted by atomic mass is 32.2. The first-order valence-corrected chi connectivity index (χ1v) is 9.60. The fourth-order valence-electron chi connectivity index (χ4n) is 3.04. The van der Waals surface area contributed by atoms with Crippen molar-refractivity contribution in [3.05, 3.63) is 47.3 Å². The normalized spacial score (nSPS) is 16.6. The second-order valence-corrected chi connectivity index (χ2v) is 7.29.